The van der Waals surface area contributed by atoms with Gasteiger partial charge in [0.25, 0.3) is 0 Å². The van der Waals surface area contributed by atoms with Gasteiger partial charge in [-0.15, -0.1) is 11.3 Å². The van der Waals surface area contributed by atoms with E-state index in [-0.39, 0.29) is 18.6 Å². The Balaban J connectivity index is 1.45. The average Bonchev–Trinajstić information content (AvgIpc) is 3.49. The molecule has 32 heavy (non-hydrogen) atoms. The molecule has 3 aromatic heterocycles. The molecule has 0 aromatic carbocycles. The van der Waals surface area contributed by atoms with Gasteiger partial charge >= 0.3 is 10.3 Å². The minimum Gasteiger partial charge on any atom is -0.367 e. The molecule has 0 radical (unpaired) electrons. The number of thiophene rings is 1. The summed E-state index contributed by atoms with van der Waals surface area (Å²) in [6.45, 7) is 7.24. The summed E-state index contributed by atoms with van der Waals surface area (Å²) < 4.78 is 28.7. The molecule has 3 heterocycles. The number of hydrogen-bond donors (Lipinski definition) is 2. The predicted octanol–water partition coefficient (Wildman–Crippen LogP) is 2.95. The van der Waals surface area contributed by atoms with Crippen molar-refractivity contribution in [1.82, 2.24) is 19.7 Å². The van der Waals surface area contributed by atoms with Gasteiger partial charge in [-0.2, -0.15) is 13.5 Å². The molecule has 0 unspecified atom stereocenters. The number of nitrogens with two attached hydrogens (primary N) is 1. The summed E-state index contributed by atoms with van der Waals surface area (Å²) in [5.74, 6) is 0.854. The Kier molecular flexibility index (Phi) is 6.70. The topological polar surface area (TPSA) is 125 Å². The lowest BCUT2D eigenvalue weighted by Gasteiger charge is -2.17. The van der Waals surface area contributed by atoms with Crippen molar-refractivity contribution < 1.29 is 12.6 Å². The molecule has 3 aromatic rings. The van der Waals surface area contributed by atoms with Crippen LogP contribution in [0.4, 0.5) is 5.82 Å². The van der Waals surface area contributed by atoms with Gasteiger partial charge in [0.05, 0.1) is 13.2 Å². The average molecular weight is 475 g/mol. The van der Waals surface area contributed by atoms with Crippen LogP contribution in [0.5, 0.6) is 0 Å². The Bertz CT molecular complexity index is 1190. The zero-order valence-electron chi connectivity index (χ0n) is 17.8. The minimum absolute atomic E-state index is 0.105. The Labute approximate surface area is 191 Å². The molecule has 0 amide bonds. The van der Waals surface area contributed by atoms with E-state index in [0.717, 1.165) is 41.1 Å². The van der Waals surface area contributed by atoms with E-state index in [9.17, 15) is 8.42 Å². The standard InChI is InChI=1S/C21H26N6O3S2/c1-14(20-9-17(15(2)31-20)11-27-7-3-6-25-27)19-10-23-13-24-21(19)26-18-5-4-16(8-18)12-30-32(22,28)29/h3,6-7,9-10,13,16,18H,1,4-5,8,11-12H2,2H3,(H2,22,28,29)(H,23,24,26)/t16-,18+/m1/s1. The monoisotopic (exact) mass is 474 g/mol. The third-order valence-electron chi connectivity index (χ3n) is 5.60. The first kappa shape index (κ1) is 22.6. The fraction of sp³-hybridized carbons (Fsp3) is 0.381. The Morgan fingerprint density at radius 1 is 1.44 bits per heavy atom. The van der Waals surface area contributed by atoms with Crippen molar-refractivity contribution in [3.8, 4) is 0 Å². The van der Waals surface area contributed by atoms with Gasteiger partial charge in [0.1, 0.15) is 12.1 Å². The van der Waals surface area contributed by atoms with E-state index in [1.807, 2.05) is 16.9 Å². The maximum absolute atomic E-state index is 11.0. The van der Waals surface area contributed by atoms with Crippen LogP contribution < -0.4 is 10.5 Å². The van der Waals surface area contributed by atoms with E-state index >= 15 is 0 Å². The number of nitrogens with one attached hydrogen (secondary N) is 1. The van der Waals surface area contributed by atoms with Gasteiger partial charge in [-0.1, -0.05) is 6.58 Å². The fourth-order valence-corrected chi connectivity index (χ4v) is 5.33. The van der Waals surface area contributed by atoms with Gasteiger partial charge < -0.3 is 5.32 Å². The molecular formula is C21H26N6O3S2. The Morgan fingerprint density at radius 3 is 3.03 bits per heavy atom. The van der Waals surface area contributed by atoms with Crippen LogP contribution in [0.15, 0.2) is 43.6 Å². The molecule has 1 aliphatic carbocycles. The van der Waals surface area contributed by atoms with Crippen LogP contribution in [-0.4, -0.2) is 40.8 Å². The molecule has 1 fully saturated rings. The highest BCUT2D eigenvalue weighted by Gasteiger charge is 2.27. The van der Waals surface area contributed by atoms with Gasteiger partial charge in [0, 0.05) is 40.0 Å². The second kappa shape index (κ2) is 9.49. The van der Waals surface area contributed by atoms with Crippen molar-refractivity contribution in [2.75, 3.05) is 11.9 Å². The van der Waals surface area contributed by atoms with Crippen molar-refractivity contribution in [3.05, 3.63) is 64.5 Å². The summed E-state index contributed by atoms with van der Waals surface area (Å²) in [6, 6.07) is 4.22. The molecule has 11 heteroatoms. The van der Waals surface area contributed by atoms with Gasteiger partial charge in [-0.05, 0) is 55.4 Å². The molecule has 2 atom stereocenters. The fourth-order valence-electron chi connectivity index (χ4n) is 3.93. The van der Waals surface area contributed by atoms with Crippen molar-refractivity contribution in [2.24, 2.45) is 11.1 Å². The molecule has 3 N–H and O–H groups in total. The van der Waals surface area contributed by atoms with E-state index in [2.05, 4.69) is 40.0 Å². The maximum Gasteiger partial charge on any atom is 0.333 e. The lowest BCUT2D eigenvalue weighted by atomic mass is 10.1. The smallest absolute Gasteiger partial charge is 0.333 e. The summed E-state index contributed by atoms with van der Waals surface area (Å²) in [5.41, 5.74) is 2.92. The van der Waals surface area contributed by atoms with Crippen LogP contribution in [0.25, 0.3) is 5.57 Å². The number of rotatable bonds is 9. The zero-order valence-corrected chi connectivity index (χ0v) is 19.4. The summed E-state index contributed by atoms with van der Waals surface area (Å²) in [6.07, 6.45) is 9.53. The van der Waals surface area contributed by atoms with E-state index in [1.54, 1.807) is 23.7 Å². The highest BCUT2D eigenvalue weighted by atomic mass is 32.2. The largest absolute Gasteiger partial charge is 0.367 e. The molecule has 9 nitrogen and oxygen atoms in total. The molecule has 0 saturated heterocycles. The van der Waals surface area contributed by atoms with Crippen molar-refractivity contribution in [2.45, 2.75) is 38.8 Å². The van der Waals surface area contributed by atoms with Crippen LogP contribution in [0.1, 0.15) is 40.1 Å². The number of anilines is 1. The van der Waals surface area contributed by atoms with E-state index < -0.39 is 10.3 Å². The molecule has 170 valence electrons. The summed E-state index contributed by atoms with van der Waals surface area (Å²) in [4.78, 5) is 10.9. The number of aromatic nitrogens is 4. The first-order valence-electron chi connectivity index (χ1n) is 10.3. The zero-order chi connectivity index (χ0) is 22.7. The van der Waals surface area contributed by atoms with E-state index in [0.29, 0.717) is 6.54 Å². The predicted molar refractivity (Wildman–Crippen MR) is 124 cm³/mol. The third kappa shape index (κ3) is 5.60. The van der Waals surface area contributed by atoms with Gasteiger partial charge in [0.2, 0.25) is 0 Å². The van der Waals surface area contributed by atoms with Crippen LogP contribution in [0.3, 0.4) is 0 Å². The summed E-state index contributed by atoms with van der Waals surface area (Å²) >= 11 is 1.69. The SMILES string of the molecule is C=C(c1cc(Cn2cccn2)c(C)s1)c1cncnc1N[C@H]1CC[C@@H](COS(N)(=O)=O)C1. The highest BCUT2D eigenvalue weighted by Crippen LogP contribution is 2.35. The molecule has 0 aliphatic heterocycles. The number of aryl methyl sites for hydroxylation is 1. The van der Waals surface area contributed by atoms with Gasteiger partial charge in [-0.3, -0.25) is 8.86 Å². The first-order valence-corrected chi connectivity index (χ1v) is 12.6. The number of nitrogens with zero attached hydrogens (tertiary/aromatic N) is 4. The second-order valence-corrected chi connectivity index (χ2v) is 10.4. The Hall–Kier alpha value is -2.60. The van der Waals surface area contributed by atoms with E-state index in [1.165, 1.54) is 16.8 Å². The quantitative estimate of drug-likeness (QED) is 0.488. The van der Waals surface area contributed by atoms with Crippen molar-refractivity contribution >= 4 is 33.0 Å². The summed E-state index contributed by atoms with van der Waals surface area (Å²) in [5, 5.41) is 12.7. The molecule has 4 rings (SSSR count). The summed E-state index contributed by atoms with van der Waals surface area (Å²) in [7, 11) is -3.91. The Morgan fingerprint density at radius 2 is 2.28 bits per heavy atom. The molecular weight excluding hydrogens is 448 g/mol. The normalized spacial score (nSPS) is 18.7. The van der Waals surface area contributed by atoms with Crippen molar-refractivity contribution in [1.29, 1.82) is 0 Å². The second-order valence-electron chi connectivity index (χ2n) is 7.96. The van der Waals surface area contributed by atoms with Crippen LogP contribution >= 0.6 is 11.3 Å². The lowest BCUT2D eigenvalue weighted by molar-refractivity contribution is 0.256. The molecule has 0 spiro atoms. The van der Waals surface area contributed by atoms with Gasteiger partial charge in [-0.25, -0.2) is 15.1 Å². The van der Waals surface area contributed by atoms with Crippen LogP contribution in [0, 0.1) is 12.8 Å². The molecule has 1 saturated carbocycles. The first-order chi connectivity index (χ1) is 15.3. The minimum atomic E-state index is -3.91. The number of hydrogen-bond acceptors (Lipinski definition) is 8. The van der Waals surface area contributed by atoms with Gasteiger partial charge in [0.15, 0.2) is 0 Å². The third-order valence-corrected chi connectivity index (χ3v) is 7.21. The van der Waals surface area contributed by atoms with Crippen LogP contribution in [0.2, 0.25) is 0 Å². The van der Waals surface area contributed by atoms with E-state index in [4.69, 9.17) is 9.32 Å². The molecule has 1 aliphatic rings. The molecule has 0 bridgehead atoms. The lowest BCUT2D eigenvalue weighted by Crippen LogP contribution is -2.21. The van der Waals surface area contributed by atoms with Crippen molar-refractivity contribution in [3.63, 3.8) is 0 Å². The van der Waals surface area contributed by atoms with Crippen LogP contribution in [-0.2, 0) is 21.0 Å². The maximum atomic E-state index is 11.0. The highest BCUT2D eigenvalue weighted by molar-refractivity contribution is 7.84.